The van der Waals surface area contributed by atoms with Gasteiger partial charge < -0.3 is 20.6 Å². The number of carbonyl (C=O) groups excluding carboxylic acids is 1. The summed E-state index contributed by atoms with van der Waals surface area (Å²) in [6.07, 6.45) is 0. The van der Waals surface area contributed by atoms with E-state index in [1.165, 1.54) is 0 Å². The molecule has 3 rings (SSSR count). The van der Waals surface area contributed by atoms with E-state index in [-0.39, 0.29) is 5.91 Å². The van der Waals surface area contributed by atoms with E-state index >= 15 is 0 Å². The molecule has 0 atom stereocenters. The van der Waals surface area contributed by atoms with E-state index in [4.69, 9.17) is 10.3 Å². The molecule has 2 heterocycles. The number of aromatic nitrogens is 2. The number of aromatic amines is 1. The van der Waals surface area contributed by atoms with Crippen molar-refractivity contribution in [1.29, 1.82) is 0 Å². The van der Waals surface area contributed by atoms with Crippen molar-refractivity contribution in [1.82, 2.24) is 10.1 Å². The Bertz CT molecular complexity index is 757. The van der Waals surface area contributed by atoms with Gasteiger partial charge in [0.15, 0.2) is 5.82 Å². The quantitative estimate of drug-likeness (QED) is 0.613. The van der Waals surface area contributed by atoms with E-state index in [0.717, 1.165) is 10.9 Å². The Morgan fingerprint density at radius 3 is 2.95 bits per heavy atom. The number of hydrogen-bond donors (Lipinski definition) is 3. The maximum absolute atomic E-state index is 12.0. The van der Waals surface area contributed by atoms with Gasteiger partial charge in [0.1, 0.15) is 11.5 Å². The molecule has 0 aliphatic rings. The minimum Gasteiger partial charge on any atom is -0.397 e. The van der Waals surface area contributed by atoms with Gasteiger partial charge in [-0.2, -0.15) is 0 Å². The molecule has 19 heavy (non-hydrogen) atoms. The normalized spacial score (nSPS) is 10.8. The van der Waals surface area contributed by atoms with Gasteiger partial charge in [0.05, 0.1) is 11.2 Å². The van der Waals surface area contributed by atoms with Gasteiger partial charge in [-0.1, -0.05) is 17.3 Å². The monoisotopic (exact) mass is 256 g/mol. The second kappa shape index (κ2) is 4.16. The Labute approximate surface area is 108 Å². The molecule has 0 aliphatic carbocycles. The number of hydrogen-bond acceptors (Lipinski definition) is 4. The fourth-order valence-electron chi connectivity index (χ4n) is 1.91. The van der Waals surface area contributed by atoms with Gasteiger partial charge in [0.2, 0.25) is 0 Å². The van der Waals surface area contributed by atoms with Crippen LogP contribution in [0.1, 0.15) is 16.2 Å². The maximum atomic E-state index is 12.0. The lowest BCUT2D eigenvalue weighted by Crippen LogP contribution is -2.12. The van der Waals surface area contributed by atoms with Crippen LogP contribution in [0.15, 0.2) is 34.9 Å². The van der Waals surface area contributed by atoms with E-state index < -0.39 is 0 Å². The zero-order valence-electron chi connectivity index (χ0n) is 10.2. The van der Waals surface area contributed by atoms with Crippen LogP contribution < -0.4 is 11.1 Å². The number of benzene rings is 1. The molecule has 96 valence electrons. The number of nitrogens with two attached hydrogens (primary N) is 1. The van der Waals surface area contributed by atoms with Crippen LogP contribution in [0.5, 0.6) is 0 Å². The first kappa shape index (κ1) is 11.3. The number of para-hydroxylation sites is 1. The Kier molecular flexibility index (Phi) is 2.49. The Morgan fingerprint density at radius 1 is 1.42 bits per heavy atom. The highest BCUT2D eigenvalue weighted by Gasteiger charge is 2.12. The SMILES string of the molecule is Cc1cc(NC(=O)c2cc3cccc(N)c3[nH]2)no1. The third kappa shape index (κ3) is 2.03. The summed E-state index contributed by atoms with van der Waals surface area (Å²) in [4.78, 5) is 15.0. The molecule has 0 aliphatic heterocycles. The lowest BCUT2D eigenvalue weighted by atomic mass is 10.2. The lowest BCUT2D eigenvalue weighted by Gasteiger charge is -1.97. The van der Waals surface area contributed by atoms with E-state index in [0.29, 0.717) is 23.0 Å². The molecule has 1 aromatic carbocycles. The molecular formula is C13H12N4O2. The molecule has 3 aromatic rings. The van der Waals surface area contributed by atoms with Crippen LogP contribution in [-0.2, 0) is 0 Å². The number of aryl methyl sites for hydroxylation is 1. The van der Waals surface area contributed by atoms with Crippen molar-refractivity contribution in [3.05, 3.63) is 41.8 Å². The van der Waals surface area contributed by atoms with E-state index in [1.54, 1.807) is 25.1 Å². The predicted octanol–water partition coefficient (Wildman–Crippen LogP) is 2.30. The summed E-state index contributed by atoms with van der Waals surface area (Å²) in [5.74, 6) is 0.731. The van der Waals surface area contributed by atoms with Crippen LogP contribution in [0.4, 0.5) is 11.5 Å². The van der Waals surface area contributed by atoms with Crippen molar-refractivity contribution in [2.75, 3.05) is 11.1 Å². The average Bonchev–Trinajstić information content (AvgIpc) is 2.96. The minimum atomic E-state index is -0.288. The molecule has 0 unspecified atom stereocenters. The number of carbonyl (C=O) groups is 1. The number of fused-ring (bicyclic) bond motifs is 1. The minimum absolute atomic E-state index is 0.288. The van der Waals surface area contributed by atoms with Crippen LogP contribution in [0.25, 0.3) is 10.9 Å². The highest BCUT2D eigenvalue weighted by molar-refractivity contribution is 6.06. The first-order chi connectivity index (χ1) is 9.13. The average molecular weight is 256 g/mol. The van der Waals surface area contributed by atoms with Gasteiger partial charge in [-0.3, -0.25) is 4.79 Å². The summed E-state index contributed by atoms with van der Waals surface area (Å²) in [5, 5.41) is 7.24. The number of rotatable bonds is 2. The molecule has 0 saturated carbocycles. The largest absolute Gasteiger partial charge is 0.397 e. The highest BCUT2D eigenvalue weighted by atomic mass is 16.5. The Hall–Kier alpha value is -2.76. The molecule has 4 N–H and O–H groups in total. The molecule has 0 fully saturated rings. The Morgan fingerprint density at radius 2 is 2.26 bits per heavy atom. The number of nitrogens with one attached hydrogen (secondary N) is 2. The van der Waals surface area contributed by atoms with Crippen molar-refractivity contribution in [3.8, 4) is 0 Å². The Balaban J connectivity index is 1.91. The first-order valence-electron chi connectivity index (χ1n) is 5.75. The third-order valence-corrected chi connectivity index (χ3v) is 2.80. The number of anilines is 2. The fourth-order valence-corrected chi connectivity index (χ4v) is 1.91. The van der Waals surface area contributed by atoms with Gasteiger partial charge >= 0.3 is 0 Å². The summed E-state index contributed by atoms with van der Waals surface area (Å²) in [6.45, 7) is 1.76. The molecule has 0 radical (unpaired) electrons. The summed E-state index contributed by atoms with van der Waals surface area (Å²) in [7, 11) is 0. The van der Waals surface area contributed by atoms with Crippen molar-refractivity contribution >= 4 is 28.3 Å². The van der Waals surface area contributed by atoms with Crippen LogP contribution in [0.3, 0.4) is 0 Å². The first-order valence-corrected chi connectivity index (χ1v) is 5.75. The van der Waals surface area contributed by atoms with Crippen LogP contribution in [-0.4, -0.2) is 16.0 Å². The van der Waals surface area contributed by atoms with Crippen LogP contribution in [0.2, 0.25) is 0 Å². The predicted molar refractivity (Wildman–Crippen MR) is 71.9 cm³/mol. The second-order valence-electron chi connectivity index (χ2n) is 4.27. The third-order valence-electron chi connectivity index (χ3n) is 2.80. The molecule has 6 heteroatoms. The lowest BCUT2D eigenvalue weighted by molar-refractivity contribution is 0.102. The summed E-state index contributed by atoms with van der Waals surface area (Å²) in [6, 6.07) is 8.90. The second-order valence-corrected chi connectivity index (χ2v) is 4.27. The standard InChI is InChI=1S/C13H12N4O2/c1-7-5-11(17-19-7)16-13(18)10-6-8-3-2-4-9(14)12(8)15-10/h2-6,15H,14H2,1H3,(H,16,17,18). The highest BCUT2D eigenvalue weighted by Crippen LogP contribution is 2.21. The molecular weight excluding hydrogens is 244 g/mol. The van der Waals surface area contributed by atoms with E-state index in [1.807, 2.05) is 12.1 Å². The molecule has 0 saturated heterocycles. The number of nitrogen functional groups attached to an aromatic ring is 1. The van der Waals surface area contributed by atoms with Gasteiger partial charge in [0, 0.05) is 11.5 Å². The van der Waals surface area contributed by atoms with Crippen molar-refractivity contribution in [2.24, 2.45) is 0 Å². The van der Waals surface area contributed by atoms with Crippen molar-refractivity contribution in [2.45, 2.75) is 6.92 Å². The van der Waals surface area contributed by atoms with Crippen molar-refractivity contribution < 1.29 is 9.32 Å². The van der Waals surface area contributed by atoms with Gasteiger partial charge in [-0.25, -0.2) is 0 Å². The smallest absolute Gasteiger partial charge is 0.273 e. The number of H-pyrrole nitrogens is 1. The number of amides is 1. The molecule has 6 nitrogen and oxygen atoms in total. The molecule has 0 bridgehead atoms. The van der Waals surface area contributed by atoms with Crippen LogP contribution in [0, 0.1) is 6.92 Å². The van der Waals surface area contributed by atoms with Gasteiger partial charge in [-0.15, -0.1) is 0 Å². The molecule has 0 spiro atoms. The zero-order chi connectivity index (χ0) is 13.4. The van der Waals surface area contributed by atoms with Crippen molar-refractivity contribution in [3.63, 3.8) is 0 Å². The van der Waals surface area contributed by atoms with Gasteiger partial charge in [-0.05, 0) is 19.1 Å². The molecule has 2 aromatic heterocycles. The topological polar surface area (TPSA) is 96.9 Å². The fraction of sp³-hybridized carbons (Fsp3) is 0.0769. The van der Waals surface area contributed by atoms with Crippen LogP contribution >= 0.6 is 0 Å². The number of nitrogens with zero attached hydrogens (tertiary/aromatic N) is 1. The zero-order valence-corrected chi connectivity index (χ0v) is 10.2. The maximum Gasteiger partial charge on any atom is 0.273 e. The summed E-state index contributed by atoms with van der Waals surface area (Å²) in [5.41, 5.74) is 7.62. The van der Waals surface area contributed by atoms with E-state index in [2.05, 4.69) is 15.5 Å². The van der Waals surface area contributed by atoms with E-state index in [9.17, 15) is 4.79 Å². The summed E-state index contributed by atoms with van der Waals surface area (Å²) >= 11 is 0. The summed E-state index contributed by atoms with van der Waals surface area (Å²) < 4.78 is 4.88. The van der Waals surface area contributed by atoms with Gasteiger partial charge in [0.25, 0.3) is 5.91 Å². The molecule has 1 amide bonds.